The highest BCUT2D eigenvalue weighted by molar-refractivity contribution is 7.10. The molecule has 0 aliphatic heterocycles. The monoisotopic (exact) mass is 366 g/mol. The minimum atomic E-state index is -0.271. The Morgan fingerprint density at radius 2 is 1.85 bits per heavy atom. The number of rotatable bonds is 6. The van der Waals surface area contributed by atoms with Gasteiger partial charge in [0, 0.05) is 4.88 Å². The van der Waals surface area contributed by atoms with Gasteiger partial charge in [0.2, 0.25) is 0 Å². The van der Waals surface area contributed by atoms with Gasteiger partial charge in [0.05, 0.1) is 18.8 Å². The van der Waals surface area contributed by atoms with Crippen LogP contribution >= 0.6 is 11.3 Å². The van der Waals surface area contributed by atoms with Gasteiger partial charge in [-0.2, -0.15) is 0 Å². The Balaban J connectivity index is 1.80. The Kier molecular flexibility index (Phi) is 5.92. The van der Waals surface area contributed by atoms with E-state index in [0.29, 0.717) is 11.4 Å². The number of ether oxygens (including phenoxy) is 1. The van der Waals surface area contributed by atoms with E-state index < -0.39 is 0 Å². The Labute approximate surface area is 157 Å². The smallest absolute Gasteiger partial charge is 0.320 e. The molecular weight excluding hydrogens is 344 g/mol. The van der Waals surface area contributed by atoms with Gasteiger partial charge in [-0.3, -0.25) is 0 Å². The van der Waals surface area contributed by atoms with Crippen LogP contribution in [0.25, 0.3) is 0 Å². The Morgan fingerprint density at radius 3 is 2.50 bits per heavy atom. The van der Waals surface area contributed by atoms with Gasteiger partial charge in [-0.15, -0.1) is 11.3 Å². The molecule has 0 unspecified atom stereocenters. The number of benzene rings is 2. The maximum Gasteiger partial charge on any atom is 0.320 e. The first kappa shape index (κ1) is 18.0. The van der Waals surface area contributed by atoms with Crippen LogP contribution in [0.2, 0.25) is 0 Å². The van der Waals surface area contributed by atoms with Crippen LogP contribution in [0.1, 0.15) is 29.0 Å². The molecule has 2 aromatic carbocycles. The van der Waals surface area contributed by atoms with Crippen molar-refractivity contribution in [3.8, 4) is 5.75 Å². The van der Waals surface area contributed by atoms with Gasteiger partial charge in [0.15, 0.2) is 0 Å². The van der Waals surface area contributed by atoms with Crippen molar-refractivity contribution >= 4 is 23.1 Å². The molecule has 134 valence electrons. The summed E-state index contributed by atoms with van der Waals surface area (Å²) >= 11 is 1.62. The van der Waals surface area contributed by atoms with E-state index >= 15 is 0 Å². The summed E-state index contributed by atoms with van der Waals surface area (Å²) in [6.07, 6.45) is 0.992. The van der Waals surface area contributed by atoms with Crippen LogP contribution in [0, 0.1) is 0 Å². The molecule has 2 N–H and O–H groups in total. The number of para-hydroxylation sites is 2. The number of hydrogen-bond acceptors (Lipinski definition) is 3. The lowest BCUT2D eigenvalue weighted by Gasteiger charge is -2.19. The molecule has 3 aromatic rings. The number of methoxy groups -OCH3 is 1. The molecule has 0 saturated carbocycles. The zero-order valence-corrected chi connectivity index (χ0v) is 15.7. The highest BCUT2D eigenvalue weighted by Crippen LogP contribution is 2.27. The van der Waals surface area contributed by atoms with Gasteiger partial charge < -0.3 is 15.4 Å². The first-order valence-electron chi connectivity index (χ1n) is 8.54. The minimum Gasteiger partial charge on any atom is -0.495 e. The zero-order valence-electron chi connectivity index (χ0n) is 14.9. The van der Waals surface area contributed by atoms with Crippen LogP contribution in [-0.4, -0.2) is 13.1 Å². The van der Waals surface area contributed by atoms with Crippen LogP contribution in [0.4, 0.5) is 10.5 Å². The lowest BCUT2D eigenvalue weighted by atomic mass is 10.0. The lowest BCUT2D eigenvalue weighted by Crippen LogP contribution is -2.33. The van der Waals surface area contributed by atoms with E-state index in [1.165, 1.54) is 5.56 Å². The number of carbonyl (C=O) groups excluding carboxylic acids is 1. The largest absolute Gasteiger partial charge is 0.495 e. The van der Waals surface area contributed by atoms with Crippen molar-refractivity contribution in [3.63, 3.8) is 0 Å². The first-order valence-corrected chi connectivity index (χ1v) is 9.42. The van der Waals surface area contributed by atoms with Gasteiger partial charge in [-0.1, -0.05) is 49.4 Å². The molecule has 1 atom stereocenters. The van der Waals surface area contributed by atoms with Crippen molar-refractivity contribution in [2.24, 2.45) is 0 Å². The fraction of sp³-hybridized carbons (Fsp3) is 0.190. The number of nitrogens with one attached hydrogen (secondary N) is 2. The molecule has 2 amide bonds. The van der Waals surface area contributed by atoms with Crippen molar-refractivity contribution < 1.29 is 9.53 Å². The molecule has 5 heteroatoms. The maximum absolute atomic E-state index is 12.6. The molecule has 1 heterocycles. The van der Waals surface area contributed by atoms with E-state index in [9.17, 15) is 4.79 Å². The summed E-state index contributed by atoms with van der Waals surface area (Å²) in [4.78, 5) is 13.7. The summed E-state index contributed by atoms with van der Waals surface area (Å²) < 4.78 is 5.29. The number of thiophene rings is 1. The van der Waals surface area contributed by atoms with Crippen molar-refractivity contribution in [3.05, 3.63) is 82.0 Å². The second-order valence-electron chi connectivity index (χ2n) is 5.84. The van der Waals surface area contributed by atoms with E-state index in [1.54, 1.807) is 18.4 Å². The van der Waals surface area contributed by atoms with Crippen LogP contribution < -0.4 is 15.4 Å². The highest BCUT2D eigenvalue weighted by Gasteiger charge is 2.18. The second-order valence-corrected chi connectivity index (χ2v) is 6.82. The summed E-state index contributed by atoms with van der Waals surface area (Å²) in [6, 6.07) is 19.3. The molecular formula is C21H22N2O2S. The third-order valence-corrected chi connectivity index (χ3v) is 5.12. The molecule has 1 aromatic heterocycles. The highest BCUT2D eigenvalue weighted by atomic mass is 32.1. The van der Waals surface area contributed by atoms with Crippen molar-refractivity contribution in [1.82, 2.24) is 5.32 Å². The third kappa shape index (κ3) is 4.24. The molecule has 0 bridgehead atoms. The number of carbonyl (C=O) groups is 1. The molecule has 26 heavy (non-hydrogen) atoms. The molecule has 0 aliphatic rings. The summed E-state index contributed by atoms with van der Waals surface area (Å²) in [5.74, 6) is 0.627. The minimum absolute atomic E-state index is 0.199. The third-order valence-electron chi connectivity index (χ3n) is 4.18. The summed E-state index contributed by atoms with van der Waals surface area (Å²) in [6.45, 7) is 2.13. The topological polar surface area (TPSA) is 50.4 Å². The average Bonchev–Trinajstić information content (AvgIpc) is 3.21. The number of hydrogen-bond donors (Lipinski definition) is 2. The number of anilines is 1. The lowest BCUT2D eigenvalue weighted by molar-refractivity contribution is 0.250. The molecule has 0 radical (unpaired) electrons. The van der Waals surface area contributed by atoms with Gasteiger partial charge in [-0.25, -0.2) is 4.79 Å². The predicted octanol–water partition coefficient (Wildman–Crippen LogP) is 5.23. The summed E-state index contributed by atoms with van der Waals surface area (Å²) in [5, 5.41) is 7.97. The zero-order chi connectivity index (χ0) is 18.4. The van der Waals surface area contributed by atoms with Crippen molar-refractivity contribution in [2.45, 2.75) is 19.4 Å². The van der Waals surface area contributed by atoms with E-state index in [4.69, 9.17) is 4.74 Å². The Morgan fingerprint density at radius 1 is 1.08 bits per heavy atom. The van der Waals surface area contributed by atoms with Crippen LogP contribution in [-0.2, 0) is 6.42 Å². The Hall–Kier alpha value is -2.79. The summed E-state index contributed by atoms with van der Waals surface area (Å²) in [5.41, 5.74) is 2.97. The first-order chi connectivity index (χ1) is 12.7. The van der Waals surface area contributed by atoms with Gasteiger partial charge in [0.1, 0.15) is 5.75 Å². The molecule has 0 spiro atoms. The van der Waals surface area contributed by atoms with Crippen molar-refractivity contribution in [2.75, 3.05) is 12.4 Å². The van der Waals surface area contributed by atoms with Gasteiger partial charge in [0.25, 0.3) is 0 Å². The normalized spacial score (nSPS) is 11.6. The fourth-order valence-corrected chi connectivity index (χ4v) is 3.56. The molecule has 0 saturated heterocycles. The van der Waals surface area contributed by atoms with Crippen LogP contribution in [0.5, 0.6) is 5.75 Å². The standard InChI is InChI=1S/C21H22N2O2S/c1-3-15-10-12-16(13-11-15)20(19-9-6-14-26-19)23-21(24)22-17-7-4-5-8-18(17)25-2/h4-14,20H,3H2,1-2H3,(H2,22,23,24)/t20-/m0/s1. The van der Waals surface area contributed by atoms with E-state index in [0.717, 1.165) is 16.9 Å². The number of amides is 2. The number of urea groups is 1. The molecule has 0 aliphatic carbocycles. The SMILES string of the molecule is CCc1ccc([C@H](NC(=O)Nc2ccccc2OC)c2cccs2)cc1. The van der Waals surface area contributed by atoms with Gasteiger partial charge >= 0.3 is 6.03 Å². The molecule has 3 rings (SSSR count). The Bertz CT molecular complexity index is 845. The van der Waals surface area contributed by atoms with E-state index in [-0.39, 0.29) is 12.1 Å². The fourth-order valence-electron chi connectivity index (χ4n) is 2.76. The van der Waals surface area contributed by atoms with E-state index in [2.05, 4.69) is 41.8 Å². The molecule has 0 fully saturated rings. The van der Waals surface area contributed by atoms with Gasteiger partial charge in [-0.05, 0) is 41.1 Å². The van der Waals surface area contributed by atoms with Crippen LogP contribution in [0.3, 0.4) is 0 Å². The summed E-state index contributed by atoms with van der Waals surface area (Å²) in [7, 11) is 1.59. The second kappa shape index (κ2) is 8.54. The van der Waals surface area contributed by atoms with Crippen molar-refractivity contribution in [1.29, 1.82) is 0 Å². The average molecular weight is 366 g/mol. The molecule has 4 nitrogen and oxygen atoms in total. The quantitative estimate of drug-likeness (QED) is 0.627. The number of aryl methyl sites for hydroxylation is 1. The maximum atomic E-state index is 12.6. The van der Waals surface area contributed by atoms with E-state index in [1.807, 2.05) is 41.8 Å². The van der Waals surface area contributed by atoms with Crippen LogP contribution in [0.15, 0.2) is 66.0 Å². The predicted molar refractivity (Wildman–Crippen MR) is 107 cm³/mol.